The van der Waals surface area contributed by atoms with Crippen LogP contribution < -0.4 is 0 Å². The minimum atomic E-state index is -0.939. The lowest BCUT2D eigenvalue weighted by Crippen LogP contribution is -2.09. The predicted molar refractivity (Wildman–Crippen MR) is 69.0 cm³/mol. The molecule has 2 aromatic rings. The second-order valence-corrected chi connectivity index (χ2v) is 4.56. The van der Waals surface area contributed by atoms with Gasteiger partial charge in [0.15, 0.2) is 0 Å². The molecule has 0 amide bonds. The summed E-state index contributed by atoms with van der Waals surface area (Å²) in [5.41, 5.74) is 1.11. The van der Waals surface area contributed by atoms with Crippen molar-refractivity contribution in [2.45, 2.75) is 18.9 Å². The molecule has 2 nitrogen and oxygen atoms in total. The monoisotopic (exact) mass is 265 g/mol. The van der Waals surface area contributed by atoms with E-state index in [2.05, 4.69) is 4.98 Å². The smallest absolute Gasteiger partial charge is 0.147 e. The van der Waals surface area contributed by atoms with Crippen LogP contribution in [0.25, 0.3) is 0 Å². The molecule has 4 heteroatoms. The largest absolute Gasteiger partial charge is 0.388 e. The van der Waals surface area contributed by atoms with Gasteiger partial charge < -0.3 is 5.11 Å². The molecule has 0 saturated heterocycles. The number of hydrogen-bond acceptors (Lipinski definition) is 2. The molecular formula is C14H13ClFNO. The number of aliphatic hydroxyl groups is 1. The van der Waals surface area contributed by atoms with E-state index >= 15 is 0 Å². The van der Waals surface area contributed by atoms with Gasteiger partial charge >= 0.3 is 0 Å². The summed E-state index contributed by atoms with van der Waals surface area (Å²) in [6.07, 6.45) is 2.35. The van der Waals surface area contributed by atoms with Crippen LogP contribution in [0.4, 0.5) is 4.39 Å². The molecule has 2 rings (SSSR count). The highest BCUT2D eigenvalue weighted by Crippen LogP contribution is 2.33. The van der Waals surface area contributed by atoms with Crippen LogP contribution in [0.3, 0.4) is 0 Å². The van der Waals surface area contributed by atoms with Gasteiger partial charge in [-0.25, -0.2) is 4.39 Å². The summed E-state index contributed by atoms with van der Waals surface area (Å²) in [5, 5.41) is 10.3. The summed E-state index contributed by atoms with van der Waals surface area (Å²) in [7, 11) is 0. The van der Waals surface area contributed by atoms with Crippen LogP contribution in [0, 0.1) is 5.82 Å². The quantitative estimate of drug-likeness (QED) is 0.918. The standard InChI is InChI=1S/C14H13ClFNO/c1-9(10-5-7-17-8-6-10)14(18)11-3-2-4-12(15)13(11)16/h2-9,14,18H,1H3. The Bertz CT molecular complexity index is 533. The number of halogens is 2. The van der Waals surface area contributed by atoms with Crippen LogP contribution >= 0.6 is 11.6 Å². The fourth-order valence-corrected chi connectivity index (χ4v) is 2.05. The van der Waals surface area contributed by atoms with Gasteiger partial charge in [0.25, 0.3) is 0 Å². The number of nitrogens with zero attached hydrogens (tertiary/aromatic N) is 1. The molecule has 2 unspecified atom stereocenters. The van der Waals surface area contributed by atoms with E-state index in [0.717, 1.165) is 5.56 Å². The molecule has 1 aromatic carbocycles. The van der Waals surface area contributed by atoms with Crippen LogP contribution in [0.1, 0.15) is 30.1 Å². The van der Waals surface area contributed by atoms with E-state index in [4.69, 9.17) is 11.6 Å². The van der Waals surface area contributed by atoms with Gasteiger partial charge in [0.1, 0.15) is 5.82 Å². The molecular weight excluding hydrogens is 253 g/mol. The zero-order chi connectivity index (χ0) is 13.1. The zero-order valence-electron chi connectivity index (χ0n) is 9.85. The fourth-order valence-electron chi connectivity index (χ4n) is 1.87. The average Bonchev–Trinajstić information content (AvgIpc) is 2.41. The Morgan fingerprint density at radius 2 is 1.89 bits per heavy atom. The van der Waals surface area contributed by atoms with Gasteiger partial charge in [-0.2, -0.15) is 0 Å². The van der Waals surface area contributed by atoms with E-state index in [1.807, 2.05) is 6.92 Å². The van der Waals surface area contributed by atoms with Crippen molar-refractivity contribution in [3.8, 4) is 0 Å². The molecule has 18 heavy (non-hydrogen) atoms. The molecule has 2 atom stereocenters. The lowest BCUT2D eigenvalue weighted by atomic mass is 9.91. The number of aromatic nitrogens is 1. The number of pyridine rings is 1. The van der Waals surface area contributed by atoms with Gasteiger partial charge in [-0.3, -0.25) is 4.98 Å². The van der Waals surface area contributed by atoms with E-state index < -0.39 is 11.9 Å². The van der Waals surface area contributed by atoms with Crippen LogP contribution in [-0.2, 0) is 0 Å². The first-order chi connectivity index (χ1) is 8.61. The van der Waals surface area contributed by atoms with Crippen molar-refractivity contribution >= 4 is 11.6 Å². The summed E-state index contributed by atoms with van der Waals surface area (Å²) in [5.74, 6) is -0.798. The predicted octanol–water partition coefficient (Wildman–Crippen LogP) is 3.71. The van der Waals surface area contributed by atoms with Gasteiger partial charge in [-0.1, -0.05) is 30.7 Å². The molecule has 0 spiro atoms. The molecule has 0 saturated carbocycles. The first kappa shape index (κ1) is 13.0. The summed E-state index contributed by atoms with van der Waals surface area (Å²) in [4.78, 5) is 3.91. The lowest BCUT2D eigenvalue weighted by molar-refractivity contribution is 0.147. The van der Waals surface area contributed by atoms with Crippen molar-refractivity contribution in [1.82, 2.24) is 4.98 Å². The van der Waals surface area contributed by atoms with Crippen molar-refractivity contribution in [1.29, 1.82) is 0 Å². The average molecular weight is 266 g/mol. The fraction of sp³-hybridized carbons (Fsp3) is 0.214. The summed E-state index contributed by atoms with van der Waals surface area (Å²) >= 11 is 5.71. The van der Waals surface area contributed by atoms with Crippen LogP contribution in [0.15, 0.2) is 42.7 Å². The van der Waals surface area contributed by atoms with Gasteiger partial charge in [-0.15, -0.1) is 0 Å². The lowest BCUT2D eigenvalue weighted by Gasteiger charge is -2.20. The molecule has 0 aliphatic carbocycles. The molecule has 1 aromatic heterocycles. The summed E-state index contributed by atoms with van der Waals surface area (Å²) < 4.78 is 13.8. The number of aliphatic hydroxyl groups excluding tert-OH is 1. The minimum Gasteiger partial charge on any atom is -0.388 e. The highest BCUT2D eigenvalue weighted by molar-refractivity contribution is 6.30. The maximum absolute atomic E-state index is 13.8. The SMILES string of the molecule is CC(c1ccncc1)C(O)c1cccc(Cl)c1F. The van der Waals surface area contributed by atoms with Crippen molar-refractivity contribution in [2.75, 3.05) is 0 Å². The van der Waals surface area contributed by atoms with Gasteiger partial charge in [-0.05, 0) is 23.8 Å². The second kappa shape index (κ2) is 5.46. The van der Waals surface area contributed by atoms with E-state index in [1.54, 1.807) is 36.7 Å². The Morgan fingerprint density at radius 3 is 2.56 bits per heavy atom. The van der Waals surface area contributed by atoms with Crippen LogP contribution in [0.5, 0.6) is 0 Å². The molecule has 1 N–H and O–H groups in total. The molecule has 0 aliphatic heterocycles. The highest BCUT2D eigenvalue weighted by atomic mass is 35.5. The third kappa shape index (κ3) is 2.52. The maximum Gasteiger partial charge on any atom is 0.147 e. The molecule has 1 heterocycles. The maximum atomic E-state index is 13.8. The van der Waals surface area contributed by atoms with Crippen molar-refractivity contribution < 1.29 is 9.50 Å². The van der Waals surface area contributed by atoms with E-state index in [0.29, 0.717) is 0 Å². The Kier molecular flexibility index (Phi) is 3.94. The van der Waals surface area contributed by atoms with Crippen LogP contribution in [0.2, 0.25) is 5.02 Å². The number of rotatable bonds is 3. The van der Waals surface area contributed by atoms with E-state index in [1.165, 1.54) is 6.07 Å². The Labute approximate surface area is 110 Å². The first-order valence-corrected chi connectivity index (χ1v) is 6.01. The number of hydrogen-bond donors (Lipinski definition) is 1. The summed E-state index contributed by atoms with van der Waals surface area (Å²) in [6.45, 7) is 1.83. The van der Waals surface area contributed by atoms with Crippen molar-refractivity contribution in [3.05, 3.63) is 64.7 Å². The van der Waals surface area contributed by atoms with Gasteiger partial charge in [0.05, 0.1) is 11.1 Å². The molecule has 94 valence electrons. The molecule has 0 radical (unpaired) electrons. The summed E-state index contributed by atoms with van der Waals surface area (Å²) in [6, 6.07) is 8.24. The van der Waals surface area contributed by atoms with Gasteiger partial charge in [0.2, 0.25) is 0 Å². The normalized spacial score (nSPS) is 14.2. The third-order valence-electron chi connectivity index (χ3n) is 3.01. The minimum absolute atomic E-state index is 0.0217. The topological polar surface area (TPSA) is 33.1 Å². The van der Waals surface area contributed by atoms with Gasteiger partial charge in [0, 0.05) is 23.9 Å². The number of benzene rings is 1. The van der Waals surface area contributed by atoms with Crippen molar-refractivity contribution in [3.63, 3.8) is 0 Å². The van der Waals surface area contributed by atoms with Crippen molar-refractivity contribution in [2.24, 2.45) is 0 Å². The molecule has 0 aliphatic rings. The Hall–Kier alpha value is -1.45. The second-order valence-electron chi connectivity index (χ2n) is 4.16. The molecule has 0 fully saturated rings. The molecule has 0 bridgehead atoms. The zero-order valence-corrected chi connectivity index (χ0v) is 10.6. The Balaban J connectivity index is 2.31. The van der Waals surface area contributed by atoms with E-state index in [9.17, 15) is 9.50 Å². The van der Waals surface area contributed by atoms with E-state index in [-0.39, 0.29) is 16.5 Å². The Morgan fingerprint density at radius 1 is 1.22 bits per heavy atom. The van der Waals surface area contributed by atoms with Crippen LogP contribution in [-0.4, -0.2) is 10.1 Å². The third-order valence-corrected chi connectivity index (χ3v) is 3.30. The highest BCUT2D eigenvalue weighted by Gasteiger charge is 2.22. The first-order valence-electron chi connectivity index (χ1n) is 5.63.